The summed E-state index contributed by atoms with van der Waals surface area (Å²) in [6.45, 7) is 3.88. The van der Waals surface area contributed by atoms with E-state index in [0.29, 0.717) is 5.92 Å². The third-order valence-electron chi connectivity index (χ3n) is 4.37. The number of amides is 1. The van der Waals surface area contributed by atoms with Gasteiger partial charge >= 0.3 is 0 Å². The SMILES string of the molecule is Cc1ccc(F)c(C(=O)NC2(CN)CCCC(C)C2)c1F. The summed E-state index contributed by atoms with van der Waals surface area (Å²) in [6.07, 6.45) is 3.53. The van der Waals surface area contributed by atoms with Crippen molar-refractivity contribution < 1.29 is 13.6 Å². The topological polar surface area (TPSA) is 55.1 Å². The lowest BCUT2D eigenvalue weighted by Gasteiger charge is -2.40. The van der Waals surface area contributed by atoms with Gasteiger partial charge in [0.05, 0.1) is 5.54 Å². The lowest BCUT2D eigenvalue weighted by Crippen LogP contribution is -2.56. The van der Waals surface area contributed by atoms with Crippen molar-refractivity contribution in [1.29, 1.82) is 0 Å². The fourth-order valence-electron chi connectivity index (χ4n) is 3.18. The second-order valence-electron chi connectivity index (χ2n) is 6.19. The van der Waals surface area contributed by atoms with Crippen molar-refractivity contribution in [1.82, 2.24) is 5.32 Å². The molecule has 0 aromatic heterocycles. The maximum atomic E-state index is 14.0. The summed E-state index contributed by atoms with van der Waals surface area (Å²) < 4.78 is 27.8. The second kappa shape index (κ2) is 6.10. The second-order valence-corrected chi connectivity index (χ2v) is 6.19. The fraction of sp³-hybridized carbons (Fsp3) is 0.562. The molecule has 2 unspecified atom stereocenters. The van der Waals surface area contributed by atoms with Crippen molar-refractivity contribution in [3.63, 3.8) is 0 Å². The van der Waals surface area contributed by atoms with Crippen LogP contribution in [-0.4, -0.2) is 18.0 Å². The highest BCUT2D eigenvalue weighted by atomic mass is 19.1. The highest BCUT2D eigenvalue weighted by Gasteiger charge is 2.36. The molecule has 1 aromatic rings. The van der Waals surface area contributed by atoms with Crippen molar-refractivity contribution in [3.05, 3.63) is 34.9 Å². The summed E-state index contributed by atoms with van der Waals surface area (Å²) in [7, 11) is 0. The average Bonchev–Trinajstić information content (AvgIpc) is 2.43. The van der Waals surface area contributed by atoms with E-state index in [-0.39, 0.29) is 12.1 Å². The molecule has 3 nitrogen and oxygen atoms in total. The largest absolute Gasteiger partial charge is 0.345 e. The van der Waals surface area contributed by atoms with Gasteiger partial charge in [0, 0.05) is 6.54 Å². The van der Waals surface area contributed by atoms with Gasteiger partial charge in [0.15, 0.2) is 0 Å². The Kier molecular flexibility index (Phi) is 4.61. The first kappa shape index (κ1) is 15.9. The van der Waals surface area contributed by atoms with Crippen LogP contribution in [0.3, 0.4) is 0 Å². The summed E-state index contributed by atoms with van der Waals surface area (Å²) in [5.41, 5.74) is 5.01. The molecule has 1 aliphatic rings. The quantitative estimate of drug-likeness (QED) is 0.901. The predicted molar refractivity (Wildman–Crippen MR) is 78.0 cm³/mol. The summed E-state index contributed by atoms with van der Waals surface area (Å²) in [6, 6.07) is 2.44. The van der Waals surface area contributed by atoms with Gasteiger partial charge in [-0.2, -0.15) is 0 Å². The zero-order valence-electron chi connectivity index (χ0n) is 12.5. The first-order chi connectivity index (χ1) is 9.88. The molecule has 1 amide bonds. The Labute approximate surface area is 123 Å². The number of nitrogens with two attached hydrogens (primary N) is 1. The van der Waals surface area contributed by atoms with Crippen LogP contribution < -0.4 is 11.1 Å². The molecule has 0 aliphatic heterocycles. The maximum absolute atomic E-state index is 14.0. The number of carbonyl (C=O) groups excluding carboxylic acids is 1. The number of hydrogen-bond donors (Lipinski definition) is 2. The van der Waals surface area contributed by atoms with E-state index in [0.717, 1.165) is 31.7 Å². The predicted octanol–water partition coefficient (Wildman–Crippen LogP) is 2.91. The minimum atomic E-state index is -0.841. The molecule has 1 aliphatic carbocycles. The van der Waals surface area contributed by atoms with Crippen LogP contribution in [0.1, 0.15) is 48.5 Å². The molecule has 2 atom stereocenters. The van der Waals surface area contributed by atoms with Crippen molar-refractivity contribution in [2.24, 2.45) is 11.7 Å². The average molecular weight is 296 g/mol. The molecule has 3 N–H and O–H groups in total. The Morgan fingerprint density at radius 3 is 2.81 bits per heavy atom. The van der Waals surface area contributed by atoms with Crippen molar-refractivity contribution >= 4 is 5.91 Å². The van der Waals surface area contributed by atoms with E-state index >= 15 is 0 Å². The zero-order valence-corrected chi connectivity index (χ0v) is 12.5. The molecule has 0 spiro atoms. The van der Waals surface area contributed by atoms with E-state index in [4.69, 9.17) is 5.73 Å². The van der Waals surface area contributed by atoms with Crippen LogP contribution in [0, 0.1) is 24.5 Å². The molecule has 0 bridgehead atoms. The number of carbonyl (C=O) groups is 1. The number of benzene rings is 1. The van der Waals surface area contributed by atoms with Gasteiger partial charge < -0.3 is 11.1 Å². The van der Waals surface area contributed by atoms with Crippen molar-refractivity contribution in [2.75, 3.05) is 6.54 Å². The zero-order chi connectivity index (χ0) is 15.6. The summed E-state index contributed by atoms with van der Waals surface area (Å²) in [4.78, 5) is 12.3. The highest BCUT2D eigenvalue weighted by Crippen LogP contribution is 2.32. The third-order valence-corrected chi connectivity index (χ3v) is 4.37. The Morgan fingerprint density at radius 1 is 1.48 bits per heavy atom. The molecule has 116 valence electrons. The third kappa shape index (κ3) is 3.23. The molecular formula is C16H22F2N2O. The van der Waals surface area contributed by atoms with Crippen LogP contribution in [0.4, 0.5) is 8.78 Å². The monoisotopic (exact) mass is 296 g/mol. The molecule has 0 radical (unpaired) electrons. The van der Waals surface area contributed by atoms with Gasteiger partial charge in [-0.1, -0.05) is 25.8 Å². The number of nitrogens with one attached hydrogen (secondary N) is 1. The van der Waals surface area contributed by atoms with Crippen LogP contribution in [0.2, 0.25) is 0 Å². The van der Waals surface area contributed by atoms with Gasteiger partial charge in [-0.3, -0.25) is 4.79 Å². The van der Waals surface area contributed by atoms with E-state index in [1.807, 2.05) is 0 Å². The van der Waals surface area contributed by atoms with Crippen LogP contribution in [0.5, 0.6) is 0 Å². The van der Waals surface area contributed by atoms with Gasteiger partial charge in [0.2, 0.25) is 0 Å². The van der Waals surface area contributed by atoms with Crippen LogP contribution >= 0.6 is 0 Å². The molecule has 1 saturated carbocycles. The molecular weight excluding hydrogens is 274 g/mol. The van der Waals surface area contributed by atoms with Gasteiger partial charge in [0.1, 0.15) is 17.2 Å². The van der Waals surface area contributed by atoms with Gasteiger partial charge in [-0.05, 0) is 37.3 Å². The minimum absolute atomic E-state index is 0.250. The van der Waals surface area contributed by atoms with Gasteiger partial charge in [-0.15, -0.1) is 0 Å². The van der Waals surface area contributed by atoms with E-state index < -0.39 is 28.6 Å². The normalized spacial score (nSPS) is 25.7. The Hall–Kier alpha value is -1.49. The summed E-state index contributed by atoms with van der Waals surface area (Å²) in [5.74, 6) is -1.92. The first-order valence-corrected chi connectivity index (χ1v) is 7.36. The Bertz CT molecular complexity index is 547. The van der Waals surface area contributed by atoms with E-state index in [9.17, 15) is 13.6 Å². The van der Waals surface area contributed by atoms with E-state index in [1.165, 1.54) is 13.0 Å². The van der Waals surface area contributed by atoms with E-state index in [2.05, 4.69) is 12.2 Å². The van der Waals surface area contributed by atoms with E-state index in [1.54, 1.807) is 0 Å². The van der Waals surface area contributed by atoms with Crippen LogP contribution in [0.15, 0.2) is 12.1 Å². The molecule has 0 heterocycles. The summed E-state index contributed by atoms with van der Waals surface area (Å²) >= 11 is 0. The highest BCUT2D eigenvalue weighted by molar-refractivity contribution is 5.95. The summed E-state index contributed by atoms with van der Waals surface area (Å²) in [5, 5.41) is 2.79. The maximum Gasteiger partial charge on any atom is 0.257 e. The molecule has 5 heteroatoms. The van der Waals surface area contributed by atoms with Crippen LogP contribution in [0.25, 0.3) is 0 Å². The number of aryl methyl sites for hydroxylation is 1. The molecule has 1 aromatic carbocycles. The minimum Gasteiger partial charge on any atom is -0.345 e. The number of hydrogen-bond acceptors (Lipinski definition) is 2. The van der Waals surface area contributed by atoms with Crippen molar-refractivity contribution in [2.45, 2.75) is 45.1 Å². The lowest BCUT2D eigenvalue weighted by molar-refractivity contribution is 0.0845. The fourth-order valence-corrected chi connectivity index (χ4v) is 3.18. The molecule has 0 saturated heterocycles. The number of rotatable bonds is 3. The molecule has 1 fully saturated rings. The Balaban J connectivity index is 2.26. The lowest BCUT2D eigenvalue weighted by atomic mass is 9.76. The van der Waals surface area contributed by atoms with Gasteiger partial charge in [-0.25, -0.2) is 8.78 Å². The number of halogens is 2. The van der Waals surface area contributed by atoms with Crippen LogP contribution in [-0.2, 0) is 0 Å². The standard InChI is InChI=1S/C16H22F2N2O/c1-10-4-3-7-16(8-10,9-19)20-15(21)13-12(17)6-5-11(2)14(13)18/h5-6,10H,3-4,7-9,19H2,1-2H3,(H,20,21). The first-order valence-electron chi connectivity index (χ1n) is 7.36. The van der Waals surface area contributed by atoms with Crippen molar-refractivity contribution in [3.8, 4) is 0 Å². The smallest absolute Gasteiger partial charge is 0.257 e. The van der Waals surface area contributed by atoms with Gasteiger partial charge in [0.25, 0.3) is 5.91 Å². The molecule has 21 heavy (non-hydrogen) atoms. The Morgan fingerprint density at radius 2 is 2.19 bits per heavy atom. The molecule has 2 rings (SSSR count).